The van der Waals surface area contributed by atoms with Crippen LogP contribution in [0.5, 0.6) is 0 Å². The summed E-state index contributed by atoms with van der Waals surface area (Å²) in [6.45, 7) is 7.08. The molecular formula is C13H24N4O3S. The molecule has 0 atom stereocenters. The van der Waals surface area contributed by atoms with Gasteiger partial charge in [-0.2, -0.15) is 17.4 Å². The van der Waals surface area contributed by atoms with E-state index in [9.17, 15) is 8.42 Å². The zero-order valence-corrected chi connectivity index (χ0v) is 13.4. The first-order chi connectivity index (χ1) is 10.0. The molecule has 0 aromatic carbocycles. The summed E-state index contributed by atoms with van der Waals surface area (Å²) in [5.41, 5.74) is 0.744. The molecule has 0 radical (unpaired) electrons. The highest BCUT2D eigenvalue weighted by Crippen LogP contribution is 2.18. The van der Waals surface area contributed by atoms with Crippen molar-refractivity contribution in [3.63, 3.8) is 0 Å². The highest BCUT2D eigenvalue weighted by atomic mass is 32.2. The van der Waals surface area contributed by atoms with Crippen LogP contribution in [0.2, 0.25) is 0 Å². The Hall–Kier alpha value is -0.960. The molecule has 0 spiro atoms. The van der Waals surface area contributed by atoms with Crippen LogP contribution in [0.25, 0.3) is 0 Å². The van der Waals surface area contributed by atoms with Gasteiger partial charge >= 0.3 is 0 Å². The van der Waals surface area contributed by atoms with Crippen molar-refractivity contribution in [3.8, 4) is 0 Å². The third-order valence-electron chi connectivity index (χ3n) is 3.70. The Balaban J connectivity index is 1.81. The first-order valence-corrected chi connectivity index (χ1v) is 8.83. The summed E-state index contributed by atoms with van der Waals surface area (Å²) in [6.07, 6.45) is 1.80. The smallest absolute Gasteiger partial charge is 0.279 e. The molecule has 2 N–H and O–H groups in total. The Bertz CT molecular complexity index is 535. The molecule has 1 aliphatic rings. The molecule has 0 saturated carbocycles. The summed E-state index contributed by atoms with van der Waals surface area (Å²) < 4.78 is 33.5. The van der Waals surface area contributed by atoms with Gasteiger partial charge in [-0.05, 0) is 38.8 Å². The average molecular weight is 316 g/mol. The van der Waals surface area contributed by atoms with E-state index in [0.29, 0.717) is 24.8 Å². The number of hydrogen-bond acceptors (Lipinski definition) is 5. The Morgan fingerprint density at radius 1 is 1.43 bits per heavy atom. The van der Waals surface area contributed by atoms with Crippen molar-refractivity contribution in [2.24, 2.45) is 5.92 Å². The zero-order valence-electron chi connectivity index (χ0n) is 12.6. The maximum absolute atomic E-state index is 12.2. The second kappa shape index (κ2) is 7.35. The second-order valence-corrected chi connectivity index (χ2v) is 7.17. The van der Waals surface area contributed by atoms with Gasteiger partial charge in [-0.1, -0.05) is 12.1 Å². The van der Waals surface area contributed by atoms with Crippen molar-refractivity contribution >= 4 is 10.2 Å². The van der Waals surface area contributed by atoms with Gasteiger partial charge in [-0.25, -0.2) is 0 Å². The predicted octanol–water partition coefficient (Wildman–Crippen LogP) is 0.639. The van der Waals surface area contributed by atoms with E-state index in [4.69, 9.17) is 4.52 Å². The summed E-state index contributed by atoms with van der Waals surface area (Å²) in [7, 11) is -3.44. The topological polar surface area (TPSA) is 87.5 Å². The lowest BCUT2D eigenvalue weighted by molar-refractivity contribution is 0.265. The summed E-state index contributed by atoms with van der Waals surface area (Å²) in [5.74, 6) is 1.09. The fraction of sp³-hybridized carbons (Fsp3) is 0.769. The summed E-state index contributed by atoms with van der Waals surface area (Å²) in [5, 5.41) is 7.06. The van der Waals surface area contributed by atoms with E-state index in [0.717, 1.165) is 31.6 Å². The molecule has 2 rings (SSSR count). The summed E-state index contributed by atoms with van der Waals surface area (Å²) in [4.78, 5) is 0. The molecule has 7 nitrogen and oxygen atoms in total. The van der Waals surface area contributed by atoms with Crippen LogP contribution in [-0.2, 0) is 16.8 Å². The maximum atomic E-state index is 12.2. The molecule has 0 unspecified atom stereocenters. The van der Waals surface area contributed by atoms with Crippen LogP contribution >= 0.6 is 0 Å². The Morgan fingerprint density at radius 2 is 2.14 bits per heavy atom. The monoisotopic (exact) mass is 316 g/mol. The van der Waals surface area contributed by atoms with Gasteiger partial charge in [0.15, 0.2) is 5.76 Å². The van der Waals surface area contributed by atoms with Gasteiger partial charge < -0.3 is 9.84 Å². The van der Waals surface area contributed by atoms with Crippen LogP contribution in [0.3, 0.4) is 0 Å². The molecule has 2 heterocycles. The van der Waals surface area contributed by atoms with Gasteiger partial charge in [-0.3, -0.25) is 0 Å². The standard InChI is InChI=1S/C13H24N4O3S/c1-3-14-9-12-4-6-17(7-5-12)21(18,19)15-10-13-8-11(2)16-20-13/h8,12,14-15H,3-7,9-10H2,1-2H3. The SMILES string of the molecule is CCNCC1CCN(S(=O)(=O)NCc2cc(C)no2)CC1. The van der Waals surface area contributed by atoms with Crippen molar-refractivity contribution in [1.82, 2.24) is 19.5 Å². The highest BCUT2D eigenvalue weighted by molar-refractivity contribution is 7.87. The van der Waals surface area contributed by atoms with Crippen molar-refractivity contribution in [1.29, 1.82) is 0 Å². The van der Waals surface area contributed by atoms with Gasteiger partial charge in [0.05, 0.1) is 12.2 Å². The van der Waals surface area contributed by atoms with Crippen LogP contribution in [-0.4, -0.2) is 44.1 Å². The number of hydrogen-bond donors (Lipinski definition) is 2. The van der Waals surface area contributed by atoms with Crippen molar-refractivity contribution in [2.45, 2.75) is 33.2 Å². The molecule has 1 aromatic heterocycles. The molecule has 0 bridgehead atoms. The third-order valence-corrected chi connectivity index (χ3v) is 5.26. The number of nitrogens with zero attached hydrogens (tertiary/aromatic N) is 2. The van der Waals surface area contributed by atoms with Crippen molar-refractivity contribution < 1.29 is 12.9 Å². The maximum Gasteiger partial charge on any atom is 0.279 e. The first kappa shape index (κ1) is 16.4. The zero-order chi connectivity index (χ0) is 15.3. The van der Waals surface area contributed by atoms with Gasteiger partial charge in [0.2, 0.25) is 0 Å². The Labute approximate surface area is 126 Å². The van der Waals surface area contributed by atoms with Crippen molar-refractivity contribution in [3.05, 3.63) is 17.5 Å². The van der Waals surface area contributed by atoms with E-state index < -0.39 is 10.2 Å². The molecule has 21 heavy (non-hydrogen) atoms. The number of aromatic nitrogens is 1. The molecular weight excluding hydrogens is 292 g/mol. The lowest BCUT2D eigenvalue weighted by Crippen LogP contribution is -2.45. The average Bonchev–Trinajstić information content (AvgIpc) is 2.89. The molecule has 1 saturated heterocycles. The van der Waals surface area contributed by atoms with Gasteiger partial charge in [0.1, 0.15) is 0 Å². The first-order valence-electron chi connectivity index (χ1n) is 7.39. The highest BCUT2D eigenvalue weighted by Gasteiger charge is 2.27. The minimum absolute atomic E-state index is 0.139. The Kier molecular flexibility index (Phi) is 5.74. The largest absolute Gasteiger partial charge is 0.360 e. The predicted molar refractivity (Wildman–Crippen MR) is 79.8 cm³/mol. The van der Waals surface area contributed by atoms with Crippen LogP contribution in [0.1, 0.15) is 31.2 Å². The second-order valence-electron chi connectivity index (χ2n) is 5.41. The van der Waals surface area contributed by atoms with E-state index in [1.807, 2.05) is 0 Å². The third kappa shape index (κ3) is 4.77. The lowest BCUT2D eigenvalue weighted by atomic mass is 9.98. The van der Waals surface area contributed by atoms with E-state index in [-0.39, 0.29) is 6.54 Å². The van der Waals surface area contributed by atoms with Crippen LogP contribution in [0.4, 0.5) is 0 Å². The fourth-order valence-electron chi connectivity index (χ4n) is 2.46. The van der Waals surface area contributed by atoms with Gasteiger partial charge in [-0.15, -0.1) is 0 Å². The molecule has 1 aliphatic heterocycles. The minimum atomic E-state index is -3.44. The lowest BCUT2D eigenvalue weighted by Gasteiger charge is -2.31. The van der Waals surface area contributed by atoms with Gasteiger partial charge in [0.25, 0.3) is 10.2 Å². The van der Waals surface area contributed by atoms with Crippen molar-refractivity contribution in [2.75, 3.05) is 26.2 Å². The van der Waals surface area contributed by atoms with Gasteiger partial charge in [0, 0.05) is 19.2 Å². The number of rotatable bonds is 7. The summed E-state index contributed by atoms with van der Waals surface area (Å²) in [6, 6.07) is 1.73. The van der Waals surface area contributed by atoms with Crippen LogP contribution in [0, 0.1) is 12.8 Å². The molecule has 8 heteroatoms. The van der Waals surface area contributed by atoms with Crippen LogP contribution in [0.15, 0.2) is 10.6 Å². The summed E-state index contributed by atoms with van der Waals surface area (Å²) >= 11 is 0. The molecule has 120 valence electrons. The van der Waals surface area contributed by atoms with E-state index in [2.05, 4.69) is 22.1 Å². The fourth-order valence-corrected chi connectivity index (χ4v) is 3.65. The Morgan fingerprint density at radius 3 is 2.71 bits per heavy atom. The normalized spacial score (nSPS) is 18.2. The molecule has 0 amide bonds. The quantitative estimate of drug-likeness (QED) is 0.771. The van der Waals surface area contributed by atoms with E-state index in [1.54, 1.807) is 13.0 Å². The molecule has 1 fully saturated rings. The minimum Gasteiger partial charge on any atom is -0.360 e. The van der Waals surface area contributed by atoms with E-state index >= 15 is 0 Å². The number of nitrogens with one attached hydrogen (secondary N) is 2. The van der Waals surface area contributed by atoms with Crippen LogP contribution < -0.4 is 10.0 Å². The number of piperidine rings is 1. The molecule has 1 aromatic rings. The van der Waals surface area contributed by atoms with E-state index in [1.165, 1.54) is 4.31 Å². The number of aryl methyl sites for hydroxylation is 1. The molecule has 0 aliphatic carbocycles.